The van der Waals surface area contributed by atoms with Crippen molar-refractivity contribution in [3.63, 3.8) is 0 Å². The number of nitrogens with zero attached hydrogens (tertiary/aromatic N) is 2. The average Bonchev–Trinajstić information content (AvgIpc) is 2.45. The highest BCUT2D eigenvalue weighted by molar-refractivity contribution is 5.22. The van der Waals surface area contributed by atoms with E-state index in [-0.39, 0.29) is 11.6 Å². The maximum Gasteiger partial charge on any atom is 0.0546 e. The molecule has 1 aromatic heterocycles. The van der Waals surface area contributed by atoms with Gasteiger partial charge >= 0.3 is 0 Å². The van der Waals surface area contributed by atoms with Crippen LogP contribution in [0.3, 0.4) is 0 Å². The first-order valence-corrected chi connectivity index (χ1v) is 5.20. The van der Waals surface area contributed by atoms with E-state index in [0.29, 0.717) is 0 Å². The number of rotatable bonds is 2. The molecule has 3 heteroatoms. The minimum atomic E-state index is 0.0402. The van der Waals surface area contributed by atoms with Gasteiger partial charge in [-0.05, 0) is 34.1 Å². The van der Waals surface area contributed by atoms with Crippen LogP contribution in [0.25, 0.3) is 0 Å². The molecule has 3 nitrogen and oxygen atoms in total. The van der Waals surface area contributed by atoms with E-state index in [1.54, 1.807) is 0 Å². The Kier molecular flexibility index (Phi) is 3.00. The molecule has 2 N–H and O–H groups in total. The number of aromatic nitrogens is 2. The summed E-state index contributed by atoms with van der Waals surface area (Å²) >= 11 is 0. The van der Waals surface area contributed by atoms with E-state index in [1.165, 1.54) is 11.3 Å². The van der Waals surface area contributed by atoms with Crippen molar-refractivity contribution in [2.24, 2.45) is 5.73 Å². The third-order valence-corrected chi connectivity index (χ3v) is 2.36. The summed E-state index contributed by atoms with van der Waals surface area (Å²) in [5.41, 5.74) is 8.36. The third kappa shape index (κ3) is 1.98. The van der Waals surface area contributed by atoms with Crippen LogP contribution in [0.1, 0.15) is 51.9 Å². The average molecular weight is 195 g/mol. The summed E-state index contributed by atoms with van der Waals surface area (Å²) in [4.78, 5) is 0. The molecule has 0 spiro atoms. The van der Waals surface area contributed by atoms with Crippen molar-refractivity contribution in [1.29, 1.82) is 0 Å². The Hall–Kier alpha value is -0.830. The molecule has 0 amide bonds. The summed E-state index contributed by atoms with van der Waals surface area (Å²) in [7, 11) is 0. The Bertz CT molecular complexity index is 305. The fourth-order valence-electron chi connectivity index (χ4n) is 1.70. The third-order valence-electron chi connectivity index (χ3n) is 2.36. The van der Waals surface area contributed by atoms with Crippen LogP contribution in [0.15, 0.2) is 6.20 Å². The van der Waals surface area contributed by atoms with E-state index in [2.05, 4.69) is 37.5 Å². The predicted molar refractivity (Wildman–Crippen MR) is 59.2 cm³/mol. The van der Waals surface area contributed by atoms with Crippen LogP contribution in [0, 0.1) is 0 Å². The van der Waals surface area contributed by atoms with Crippen LogP contribution in [-0.2, 0) is 12.0 Å². The van der Waals surface area contributed by atoms with Crippen LogP contribution in [-0.4, -0.2) is 9.78 Å². The van der Waals surface area contributed by atoms with Gasteiger partial charge in [0, 0.05) is 17.3 Å². The highest BCUT2D eigenvalue weighted by Gasteiger charge is 2.20. The Labute approximate surface area is 86.3 Å². The number of nitrogens with two attached hydrogens (primary N) is 1. The van der Waals surface area contributed by atoms with Gasteiger partial charge in [0.1, 0.15) is 0 Å². The fourth-order valence-corrected chi connectivity index (χ4v) is 1.70. The molecule has 0 aliphatic heterocycles. The second-order valence-corrected chi connectivity index (χ2v) is 4.77. The van der Waals surface area contributed by atoms with Crippen LogP contribution in [0.2, 0.25) is 0 Å². The highest BCUT2D eigenvalue weighted by atomic mass is 15.3. The molecule has 1 aromatic rings. The maximum atomic E-state index is 5.89. The summed E-state index contributed by atoms with van der Waals surface area (Å²) in [5, 5.41) is 4.42. The SMILES string of the molecule is CCc1c(C(C)N)cnn1C(C)(C)C. The van der Waals surface area contributed by atoms with Crippen molar-refractivity contribution in [3.05, 3.63) is 17.5 Å². The van der Waals surface area contributed by atoms with Crippen LogP contribution in [0.4, 0.5) is 0 Å². The fraction of sp³-hybridized carbons (Fsp3) is 0.727. The molecule has 1 rings (SSSR count). The molecule has 0 aliphatic rings. The minimum Gasteiger partial charge on any atom is -0.324 e. The van der Waals surface area contributed by atoms with Crippen LogP contribution in [0.5, 0.6) is 0 Å². The largest absolute Gasteiger partial charge is 0.324 e. The molecule has 0 saturated heterocycles. The van der Waals surface area contributed by atoms with Gasteiger partial charge in [-0.15, -0.1) is 0 Å². The van der Waals surface area contributed by atoms with E-state index < -0.39 is 0 Å². The van der Waals surface area contributed by atoms with Gasteiger partial charge in [-0.3, -0.25) is 4.68 Å². The lowest BCUT2D eigenvalue weighted by atomic mass is 10.1. The molecule has 0 radical (unpaired) electrons. The Morgan fingerprint density at radius 1 is 1.50 bits per heavy atom. The smallest absolute Gasteiger partial charge is 0.0546 e. The molecule has 1 heterocycles. The second kappa shape index (κ2) is 3.73. The lowest BCUT2D eigenvalue weighted by Crippen LogP contribution is -2.25. The Morgan fingerprint density at radius 2 is 2.07 bits per heavy atom. The summed E-state index contributed by atoms with van der Waals surface area (Å²) in [6, 6.07) is 0.0704. The summed E-state index contributed by atoms with van der Waals surface area (Å²) < 4.78 is 2.08. The van der Waals surface area contributed by atoms with Crippen molar-refractivity contribution < 1.29 is 0 Å². The summed E-state index contributed by atoms with van der Waals surface area (Å²) in [6.07, 6.45) is 2.88. The standard InChI is InChI=1S/C11H21N3/c1-6-10-9(8(2)12)7-13-14(10)11(3,4)5/h7-8H,6,12H2,1-5H3. The second-order valence-electron chi connectivity index (χ2n) is 4.77. The highest BCUT2D eigenvalue weighted by Crippen LogP contribution is 2.22. The van der Waals surface area contributed by atoms with Gasteiger partial charge in [-0.25, -0.2) is 0 Å². The lowest BCUT2D eigenvalue weighted by Gasteiger charge is -2.23. The maximum absolute atomic E-state index is 5.89. The molecule has 0 aromatic carbocycles. The van der Waals surface area contributed by atoms with Gasteiger partial charge in [0.2, 0.25) is 0 Å². The molecule has 0 bridgehead atoms. The van der Waals surface area contributed by atoms with Crippen molar-refractivity contribution in [3.8, 4) is 0 Å². The van der Waals surface area contributed by atoms with E-state index in [0.717, 1.165) is 6.42 Å². The van der Waals surface area contributed by atoms with Gasteiger partial charge in [0.25, 0.3) is 0 Å². The monoisotopic (exact) mass is 195 g/mol. The molecule has 1 unspecified atom stereocenters. The quantitative estimate of drug-likeness (QED) is 0.786. The zero-order chi connectivity index (χ0) is 10.9. The van der Waals surface area contributed by atoms with Gasteiger partial charge in [-0.1, -0.05) is 6.92 Å². The van der Waals surface area contributed by atoms with Gasteiger partial charge in [0.05, 0.1) is 11.7 Å². The van der Waals surface area contributed by atoms with Gasteiger partial charge in [0.15, 0.2) is 0 Å². The Morgan fingerprint density at radius 3 is 2.43 bits per heavy atom. The normalized spacial score (nSPS) is 14.4. The molecule has 0 aliphatic carbocycles. The zero-order valence-electron chi connectivity index (χ0n) is 9.83. The molecule has 1 atom stereocenters. The zero-order valence-corrected chi connectivity index (χ0v) is 9.83. The first-order chi connectivity index (χ1) is 6.38. The summed E-state index contributed by atoms with van der Waals surface area (Å²) in [5.74, 6) is 0. The predicted octanol–water partition coefficient (Wildman–Crippen LogP) is 2.22. The van der Waals surface area contributed by atoms with Crippen LogP contribution < -0.4 is 5.73 Å². The Balaban J connectivity index is 3.21. The molecule has 0 fully saturated rings. The minimum absolute atomic E-state index is 0.0402. The van der Waals surface area contributed by atoms with E-state index in [1.807, 2.05) is 13.1 Å². The molecular formula is C11H21N3. The van der Waals surface area contributed by atoms with Gasteiger partial charge in [-0.2, -0.15) is 5.10 Å². The first kappa shape index (κ1) is 11.2. The van der Waals surface area contributed by atoms with Crippen LogP contribution >= 0.6 is 0 Å². The number of hydrogen-bond acceptors (Lipinski definition) is 2. The van der Waals surface area contributed by atoms with Crippen molar-refractivity contribution >= 4 is 0 Å². The lowest BCUT2D eigenvalue weighted by molar-refractivity contribution is 0.343. The molecule has 0 saturated carbocycles. The van der Waals surface area contributed by atoms with Gasteiger partial charge < -0.3 is 5.73 Å². The van der Waals surface area contributed by atoms with E-state index >= 15 is 0 Å². The van der Waals surface area contributed by atoms with E-state index in [4.69, 9.17) is 5.73 Å². The molecule has 14 heavy (non-hydrogen) atoms. The molecule has 80 valence electrons. The van der Waals surface area contributed by atoms with Crippen molar-refractivity contribution in [1.82, 2.24) is 9.78 Å². The van der Waals surface area contributed by atoms with Crippen molar-refractivity contribution in [2.75, 3.05) is 0 Å². The summed E-state index contributed by atoms with van der Waals surface area (Å²) in [6.45, 7) is 10.6. The first-order valence-electron chi connectivity index (χ1n) is 5.20. The van der Waals surface area contributed by atoms with Crippen molar-refractivity contribution in [2.45, 2.75) is 52.6 Å². The topological polar surface area (TPSA) is 43.8 Å². The van der Waals surface area contributed by atoms with E-state index in [9.17, 15) is 0 Å². The molecular weight excluding hydrogens is 174 g/mol. The number of hydrogen-bond donors (Lipinski definition) is 1.